The molecule has 0 radical (unpaired) electrons. The van der Waals surface area contributed by atoms with Crippen LogP contribution in [0.3, 0.4) is 0 Å². The molecule has 3 aromatic rings. The van der Waals surface area contributed by atoms with Gasteiger partial charge in [0.05, 0.1) is 16.3 Å². The molecule has 0 saturated carbocycles. The number of likely N-dealkylation sites (N-methyl/N-ethyl adjacent to an activating group) is 1. The predicted octanol–water partition coefficient (Wildman–Crippen LogP) is 4.59. The molecule has 1 aromatic carbocycles. The Bertz CT molecular complexity index is 772. The molecule has 0 bridgehead atoms. The predicted molar refractivity (Wildman–Crippen MR) is 94.2 cm³/mol. The van der Waals surface area contributed by atoms with Crippen molar-refractivity contribution < 1.29 is 4.79 Å². The van der Waals surface area contributed by atoms with Gasteiger partial charge in [-0.25, -0.2) is 4.98 Å². The zero-order chi connectivity index (χ0) is 15.5. The molecule has 3 rings (SSSR count). The van der Waals surface area contributed by atoms with Crippen molar-refractivity contribution >= 4 is 44.9 Å². The van der Waals surface area contributed by atoms with Gasteiger partial charge in [-0.15, -0.1) is 22.7 Å². The van der Waals surface area contributed by atoms with Crippen LogP contribution in [0.2, 0.25) is 0 Å². The minimum atomic E-state index is -0.0436. The fraction of sp³-hybridized carbons (Fsp3) is 0.176. The van der Waals surface area contributed by atoms with Gasteiger partial charge in [0.25, 0.3) is 0 Å². The minimum Gasteiger partial charge on any atom is -0.333 e. The van der Waals surface area contributed by atoms with Crippen LogP contribution in [-0.2, 0) is 4.79 Å². The van der Waals surface area contributed by atoms with E-state index in [1.54, 1.807) is 33.6 Å². The maximum absolute atomic E-state index is 12.3. The first kappa shape index (κ1) is 14.9. The van der Waals surface area contributed by atoms with E-state index in [-0.39, 0.29) is 11.9 Å². The number of carbonyl (C=O) groups excluding carboxylic acids is 1. The van der Waals surface area contributed by atoms with Crippen molar-refractivity contribution in [1.29, 1.82) is 0 Å². The first-order chi connectivity index (χ1) is 10.6. The van der Waals surface area contributed by atoms with E-state index in [1.807, 2.05) is 55.8 Å². The van der Waals surface area contributed by atoms with Gasteiger partial charge >= 0.3 is 0 Å². The molecule has 1 atom stereocenters. The van der Waals surface area contributed by atoms with Crippen LogP contribution in [0.1, 0.15) is 22.9 Å². The fourth-order valence-corrected chi connectivity index (χ4v) is 3.76. The molecule has 22 heavy (non-hydrogen) atoms. The van der Waals surface area contributed by atoms with Gasteiger partial charge in [-0.2, -0.15) is 0 Å². The van der Waals surface area contributed by atoms with Crippen LogP contribution >= 0.6 is 22.7 Å². The number of thiophene rings is 1. The molecule has 0 spiro atoms. The quantitative estimate of drug-likeness (QED) is 0.656. The lowest BCUT2D eigenvalue weighted by Crippen LogP contribution is -2.27. The molecule has 2 aromatic heterocycles. The van der Waals surface area contributed by atoms with Gasteiger partial charge in [0.15, 0.2) is 0 Å². The standard InChI is InChI=1S/C17H16N2OS2/c1-12(17-18-14-7-3-4-8-15(14)22-17)19(2)16(20)10-9-13-6-5-11-21-13/h3-12H,1-2H3/b10-9+/t12-/m0/s1. The number of aromatic nitrogens is 1. The average Bonchev–Trinajstić information content (AvgIpc) is 3.19. The Morgan fingerprint density at radius 2 is 2.09 bits per heavy atom. The molecule has 0 fully saturated rings. The number of carbonyl (C=O) groups is 1. The molecule has 5 heteroatoms. The number of amides is 1. The molecule has 0 N–H and O–H groups in total. The molecular formula is C17H16N2OS2. The molecule has 3 nitrogen and oxygen atoms in total. The van der Waals surface area contributed by atoms with Crippen molar-refractivity contribution in [3.8, 4) is 0 Å². The largest absolute Gasteiger partial charge is 0.333 e. The average molecular weight is 328 g/mol. The molecule has 0 aliphatic rings. The zero-order valence-corrected chi connectivity index (χ0v) is 14.0. The van der Waals surface area contributed by atoms with Crippen molar-refractivity contribution in [3.05, 3.63) is 57.7 Å². The summed E-state index contributed by atoms with van der Waals surface area (Å²) in [6, 6.07) is 12.0. The van der Waals surface area contributed by atoms with Crippen LogP contribution in [0, 0.1) is 0 Å². The van der Waals surface area contributed by atoms with Crippen molar-refractivity contribution in [3.63, 3.8) is 0 Å². The molecule has 0 saturated heterocycles. The maximum Gasteiger partial charge on any atom is 0.246 e. The summed E-state index contributed by atoms with van der Waals surface area (Å²) in [6.07, 6.45) is 3.48. The number of hydrogen-bond acceptors (Lipinski definition) is 4. The summed E-state index contributed by atoms with van der Waals surface area (Å²) in [7, 11) is 1.82. The number of para-hydroxylation sites is 1. The lowest BCUT2D eigenvalue weighted by atomic mass is 10.3. The Kier molecular flexibility index (Phi) is 4.36. The van der Waals surface area contributed by atoms with E-state index in [9.17, 15) is 4.79 Å². The van der Waals surface area contributed by atoms with Gasteiger partial charge in [0.1, 0.15) is 5.01 Å². The van der Waals surface area contributed by atoms with Crippen LogP contribution in [0.4, 0.5) is 0 Å². The highest BCUT2D eigenvalue weighted by Gasteiger charge is 2.19. The van der Waals surface area contributed by atoms with Gasteiger partial charge in [-0.1, -0.05) is 18.2 Å². The summed E-state index contributed by atoms with van der Waals surface area (Å²) in [4.78, 5) is 19.7. The van der Waals surface area contributed by atoms with E-state index in [0.717, 1.165) is 20.1 Å². The number of rotatable bonds is 4. The molecule has 112 valence electrons. The van der Waals surface area contributed by atoms with Crippen LogP contribution in [0.5, 0.6) is 0 Å². The normalized spacial score (nSPS) is 12.8. The van der Waals surface area contributed by atoms with E-state index < -0.39 is 0 Å². The SMILES string of the molecule is C[C@@H](c1nc2ccccc2s1)N(C)C(=O)/C=C/c1cccs1. The zero-order valence-electron chi connectivity index (χ0n) is 12.4. The van der Waals surface area contributed by atoms with Gasteiger partial charge in [-0.05, 0) is 36.6 Å². The van der Waals surface area contributed by atoms with E-state index in [0.29, 0.717) is 0 Å². The Balaban J connectivity index is 1.75. The number of fused-ring (bicyclic) bond motifs is 1. The van der Waals surface area contributed by atoms with Crippen molar-refractivity contribution in [2.45, 2.75) is 13.0 Å². The highest BCUT2D eigenvalue weighted by atomic mass is 32.1. The third-order valence-electron chi connectivity index (χ3n) is 3.53. The smallest absolute Gasteiger partial charge is 0.246 e. The van der Waals surface area contributed by atoms with Crippen LogP contribution in [0.25, 0.3) is 16.3 Å². The van der Waals surface area contributed by atoms with Crippen LogP contribution < -0.4 is 0 Å². The van der Waals surface area contributed by atoms with Gasteiger partial charge in [0.2, 0.25) is 5.91 Å². The molecule has 0 aliphatic carbocycles. The van der Waals surface area contributed by atoms with Crippen molar-refractivity contribution in [2.24, 2.45) is 0 Å². The molecule has 0 unspecified atom stereocenters. The third kappa shape index (κ3) is 3.10. The van der Waals surface area contributed by atoms with Crippen molar-refractivity contribution in [2.75, 3.05) is 7.05 Å². The lowest BCUT2D eigenvalue weighted by Gasteiger charge is -2.21. The van der Waals surface area contributed by atoms with E-state index >= 15 is 0 Å². The number of benzene rings is 1. The van der Waals surface area contributed by atoms with Gasteiger partial charge < -0.3 is 4.90 Å². The van der Waals surface area contributed by atoms with E-state index in [2.05, 4.69) is 11.1 Å². The summed E-state index contributed by atoms with van der Waals surface area (Å²) in [6.45, 7) is 2.01. The first-order valence-electron chi connectivity index (χ1n) is 6.99. The maximum atomic E-state index is 12.3. The second-order valence-electron chi connectivity index (χ2n) is 4.99. The Morgan fingerprint density at radius 1 is 1.27 bits per heavy atom. The Labute approximate surface area is 137 Å². The second-order valence-corrected chi connectivity index (χ2v) is 7.04. The number of nitrogens with zero attached hydrogens (tertiary/aromatic N) is 2. The monoisotopic (exact) mass is 328 g/mol. The summed E-state index contributed by atoms with van der Waals surface area (Å²) in [5, 5.41) is 2.96. The third-order valence-corrected chi connectivity index (χ3v) is 5.57. The summed E-state index contributed by atoms with van der Waals surface area (Å²) < 4.78 is 1.15. The molecular weight excluding hydrogens is 312 g/mol. The van der Waals surface area contributed by atoms with E-state index in [4.69, 9.17) is 0 Å². The number of thiazole rings is 1. The fourth-order valence-electron chi connectivity index (χ4n) is 2.08. The number of hydrogen-bond donors (Lipinski definition) is 0. The highest BCUT2D eigenvalue weighted by Crippen LogP contribution is 2.28. The Hall–Kier alpha value is -1.98. The summed E-state index contributed by atoms with van der Waals surface area (Å²) in [5.74, 6) is -0.0137. The summed E-state index contributed by atoms with van der Waals surface area (Å²) in [5.41, 5.74) is 0.990. The van der Waals surface area contributed by atoms with Crippen LogP contribution in [0.15, 0.2) is 47.9 Å². The first-order valence-corrected chi connectivity index (χ1v) is 8.68. The topological polar surface area (TPSA) is 33.2 Å². The summed E-state index contributed by atoms with van der Waals surface area (Å²) >= 11 is 3.26. The molecule has 0 aliphatic heterocycles. The van der Waals surface area contributed by atoms with Gasteiger partial charge in [-0.3, -0.25) is 4.79 Å². The highest BCUT2D eigenvalue weighted by molar-refractivity contribution is 7.18. The molecule has 1 amide bonds. The van der Waals surface area contributed by atoms with Crippen molar-refractivity contribution in [1.82, 2.24) is 9.88 Å². The second kappa shape index (κ2) is 6.42. The lowest BCUT2D eigenvalue weighted by molar-refractivity contribution is -0.126. The molecule has 2 heterocycles. The van der Waals surface area contributed by atoms with E-state index in [1.165, 1.54) is 0 Å². The van der Waals surface area contributed by atoms with Gasteiger partial charge in [0, 0.05) is 18.0 Å². The minimum absolute atomic E-state index is 0.0137. The van der Waals surface area contributed by atoms with Crippen LogP contribution in [-0.4, -0.2) is 22.8 Å². The Morgan fingerprint density at radius 3 is 2.82 bits per heavy atom.